The second-order valence-electron chi connectivity index (χ2n) is 3.30. The van der Waals surface area contributed by atoms with Gasteiger partial charge < -0.3 is 4.74 Å². The molecule has 0 spiro atoms. The van der Waals surface area contributed by atoms with Crippen molar-refractivity contribution in [2.75, 3.05) is 6.61 Å². The number of halogens is 1. The van der Waals surface area contributed by atoms with Crippen molar-refractivity contribution in [3.63, 3.8) is 0 Å². The summed E-state index contributed by atoms with van der Waals surface area (Å²) in [6.07, 6.45) is 0. The minimum atomic E-state index is 0. The lowest BCUT2D eigenvalue weighted by Gasteiger charge is -2.09. The highest BCUT2D eigenvalue weighted by Crippen LogP contribution is 2.29. The van der Waals surface area contributed by atoms with Gasteiger partial charge in [0.15, 0.2) is 0 Å². The molecule has 0 heterocycles. The van der Waals surface area contributed by atoms with Gasteiger partial charge in [0, 0.05) is 5.56 Å². The van der Waals surface area contributed by atoms with Crippen LogP contribution >= 0.6 is 0 Å². The number of para-hydroxylation sites is 1. The van der Waals surface area contributed by atoms with E-state index in [1.807, 2.05) is 43.3 Å². The Morgan fingerprint density at radius 3 is 2.19 bits per heavy atom. The number of ether oxygens (including phenoxy) is 1. The summed E-state index contributed by atoms with van der Waals surface area (Å²) in [6.45, 7) is 2.70. The highest BCUT2D eigenvalue weighted by molar-refractivity contribution is 5.70. The fourth-order valence-corrected chi connectivity index (χ4v) is 1.60. The van der Waals surface area contributed by atoms with E-state index in [2.05, 4.69) is 18.2 Å². The van der Waals surface area contributed by atoms with Gasteiger partial charge in [-0.15, -0.1) is 0 Å². The summed E-state index contributed by atoms with van der Waals surface area (Å²) in [5.41, 5.74) is 2.35. The molecule has 0 fully saturated rings. The third-order valence-corrected chi connectivity index (χ3v) is 2.27. The Balaban J connectivity index is 0.00000128. The molecule has 0 unspecified atom stereocenters. The predicted octanol–water partition coefficient (Wildman–Crippen LogP) is 3.90. The standard InChI is InChI=1S/C14H14O.FH/c1-2-15-14-11-7-6-10-13(14)12-8-4-3-5-9-12;/h3-11H,2H2,1H3;1H. The summed E-state index contributed by atoms with van der Waals surface area (Å²) < 4.78 is 5.59. The van der Waals surface area contributed by atoms with Crippen molar-refractivity contribution in [3.8, 4) is 16.9 Å². The van der Waals surface area contributed by atoms with E-state index in [9.17, 15) is 0 Å². The van der Waals surface area contributed by atoms with Gasteiger partial charge in [0.1, 0.15) is 5.75 Å². The van der Waals surface area contributed by atoms with E-state index in [4.69, 9.17) is 4.74 Å². The molecule has 0 atom stereocenters. The van der Waals surface area contributed by atoms with Crippen molar-refractivity contribution in [2.24, 2.45) is 0 Å². The largest absolute Gasteiger partial charge is 0.493 e. The Labute approximate surface area is 95.1 Å². The first-order valence-corrected chi connectivity index (χ1v) is 5.19. The Morgan fingerprint density at radius 2 is 1.50 bits per heavy atom. The molecule has 0 bridgehead atoms. The van der Waals surface area contributed by atoms with Crippen molar-refractivity contribution in [1.29, 1.82) is 0 Å². The SMILES string of the molecule is CCOc1ccccc1-c1ccccc1.F. The van der Waals surface area contributed by atoms with Crippen LogP contribution in [0.3, 0.4) is 0 Å². The zero-order chi connectivity index (χ0) is 10.5. The number of benzene rings is 2. The lowest BCUT2D eigenvalue weighted by atomic mass is 10.1. The second-order valence-corrected chi connectivity index (χ2v) is 3.30. The molecule has 0 aliphatic heterocycles. The Hall–Kier alpha value is -1.83. The van der Waals surface area contributed by atoms with Crippen LogP contribution in [-0.2, 0) is 0 Å². The first-order valence-electron chi connectivity index (χ1n) is 5.19. The van der Waals surface area contributed by atoms with Crippen LogP contribution in [0.4, 0.5) is 4.70 Å². The van der Waals surface area contributed by atoms with E-state index in [0.29, 0.717) is 6.61 Å². The number of hydrogen-bond donors (Lipinski definition) is 0. The van der Waals surface area contributed by atoms with Crippen LogP contribution < -0.4 is 4.74 Å². The summed E-state index contributed by atoms with van der Waals surface area (Å²) in [6, 6.07) is 18.4. The van der Waals surface area contributed by atoms with E-state index in [1.165, 1.54) is 5.56 Å². The zero-order valence-electron chi connectivity index (χ0n) is 9.22. The molecular formula is C14H15FO. The zero-order valence-corrected chi connectivity index (χ0v) is 9.22. The molecule has 1 nitrogen and oxygen atoms in total. The Kier molecular flexibility index (Phi) is 4.52. The van der Waals surface area contributed by atoms with Crippen LogP contribution in [0, 0.1) is 0 Å². The van der Waals surface area contributed by atoms with Crippen molar-refractivity contribution < 1.29 is 9.44 Å². The Morgan fingerprint density at radius 1 is 0.875 bits per heavy atom. The topological polar surface area (TPSA) is 9.23 Å². The van der Waals surface area contributed by atoms with Gasteiger partial charge in [0.05, 0.1) is 6.61 Å². The summed E-state index contributed by atoms with van der Waals surface area (Å²) in [5, 5.41) is 0. The van der Waals surface area contributed by atoms with Gasteiger partial charge in [-0.05, 0) is 18.6 Å². The monoisotopic (exact) mass is 218 g/mol. The molecule has 2 aromatic carbocycles. The van der Waals surface area contributed by atoms with Gasteiger partial charge in [-0.3, -0.25) is 4.70 Å². The molecule has 2 rings (SSSR count). The summed E-state index contributed by atoms with van der Waals surface area (Å²) in [4.78, 5) is 0. The first kappa shape index (κ1) is 12.2. The lowest BCUT2D eigenvalue weighted by molar-refractivity contribution is 0.341. The van der Waals surface area contributed by atoms with Gasteiger partial charge in [0.25, 0.3) is 0 Å². The molecule has 0 aliphatic rings. The van der Waals surface area contributed by atoms with Gasteiger partial charge in [0.2, 0.25) is 0 Å². The van der Waals surface area contributed by atoms with Gasteiger partial charge in [-0.2, -0.15) is 0 Å². The molecule has 16 heavy (non-hydrogen) atoms. The number of rotatable bonds is 3. The van der Waals surface area contributed by atoms with Crippen LogP contribution in [-0.4, -0.2) is 6.61 Å². The highest BCUT2D eigenvalue weighted by atomic mass is 19.0. The third-order valence-electron chi connectivity index (χ3n) is 2.27. The van der Waals surface area contributed by atoms with E-state index < -0.39 is 0 Å². The van der Waals surface area contributed by atoms with Crippen molar-refractivity contribution in [2.45, 2.75) is 6.92 Å². The van der Waals surface area contributed by atoms with Crippen LogP contribution in [0.5, 0.6) is 5.75 Å². The quantitative estimate of drug-likeness (QED) is 0.759. The lowest BCUT2D eigenvalue weighted by Crippen LogP contribution is -1.93. The maximum atomic E-state index is 5.59. The summed E-state index contributed by atoms with van der Waals surface area (Å²) in [5.74, 6) is 0.950. The molecule has 0 amide bonds. The molecule has 0 aromatic heterocycles. The van der Waals surface area contributed by atoms with Gasteiger partial charge >= 0.3 is 0 Å². The molecule has 84 valence electrons. The molecule has 0 aliphatic carbocycles. The molecule has 0 saturated carbocycles. The summed E-state index contributed by atoms with van der Waals surface area (Å²) in [7, 11) is 0. The third kappa shape index (κ3) is 2.60. The van der Waals surface area contributed by atoms with Gasteiger partial charge in [-0.1, -0.05) is 48.5 Å². The fourth-order valence-electron chi connectivity index (χ4n) is 1.60. The number of hydrogen-bond acceptors (Lipinski definition) is 1. The average Bonchev–Trinajstić information content (AvgIpc) is 2.31. The van der Waals surface area contributed by atoms with Gasteiger partial charge in [-0.25, -0.2) is 0 Å². The van der Waals surface area contributed by atoms with E-state index >= 15 is 0 Å². The molecule has 0 saturated heterocycles. The predicted molar refractivity (Wildman–Crippen MR) is 65.6 cm³/mol. The van der Waals surface area contributed by atoms with E-state index in [-0.39, 0.29) is 4.70 Å². The first-order chi connectivity index (χ1) is 7.42. The minimum Gasteiger partial charge on any atom is -0.493 e. The van der Waals surface area contributed by atoms with E-state index in [1.54, 1.807) is 0 Å². The Bertz CT molecular complexity index is 426. The maximum Gasteiger partial charge on any atom is 0.127 e. The van der Waals surface area contributed by atoms with Crippen LogP contribution in [0.1, 0.15) is 6.92 Å². The average molecular weight is 218 g/mol. The maximum absolute atomic E-state index is 5.59. The molecule has 2 heteroatoms. The molecular weight excluding hydrogens is 203 g/mol. The van der Waals surface area contributed by atoms with Crippen molar-refractivity contribution >= 4 is 0 Å². The molecule has 0 radical (unpaired) electrons. The van der Waals surface area contributed by atoms with Crippen LogP contribution in [0.15, 0.2) is 54.6 Å². The second kappa shape index (κ2) is 5.91. The highest BCUT2D eigenvalue weighted by Gasteiger charge is 2.03. The summed E-state index contributed by atoms with van der Waals surface area (Å²) >= 11 is 0. The smallest absolute Gasteiger partial charge is 0.127 e. The molecule has 2 aromatic rings. The normalized spacial score (nSPS) is 9.31. The molecule has 0 N–H and O–H groups in total. The fraction of sp³-hybridized carbons (Fsp3) is 0.143. The van der Waals surface area contributed by atoms with Crippen molar-refractivity contribution in [3.05, 3.63) is 54.6 Å². The van der Waals surface area contributed by atoms with Crippen LogP contribution in [0.2, 0.25) is 0 Å². The van der Waals surface area contributed by atoms with E-state index in [0.717, 1.165) is 11.3 Å². The van der Waals surface area contributed by atoms with Crippen LogP contribution in [0.25, 0.3) is 11.1 Å². The minimum absolute atomic E-state index is 0. The van der Waals surface area contributed by atoms with Crippen molar-refractivity contribution in [1.82, 2.24) is 0 Å².